The highest BCUT2D eigenvalue weighted by molar-refractivity contribution is 7.57. The molecule has 0 unspecified atom stereocenters. The van der Waals surface area contributed by atoms with Gasteiger partial charge in [0.15, 0.2) is 0 Å². The third-order valence-electron chi connectivity index (χ3n) is 0.940. The van der Waals surface area contributed by atoms with Crippen molar-refractivity contribution in [1.82, 2.24) is 0 Å². The van der Waals surface area contributed by atoms with E-state index in [-0.39, 0.29) is 12.7 Å². The molecule has 0 saturated carbocycles. The minimum Gasteiger partial charge on any atom is -0.392 e. The Kier molecular flexibility index (Phi) is 5.73. The predicted octanol–water partition coefficient (Wildman–Crippen LogP) is 0.778. The lowest BCUT2D eigenvalue weighted by molar-refractivity contribution is 0.343. The molecule has 0 atom stereocenters. The Bertz CT molecular complexity index is 45.7. The molecular formula is C5H13O2P. The molecule has 0 aliphatic heterocycles. The van der Waals surface area contributed by atoms with Crippen molar-refractivity contribution in [3.05, 3.63) is 0 Å². The van der Waals surface area contributed by atoms with E-state index < -0.39 is 7.92 Å². The lowest BCUT2D eigenvalue weighted by Gasteiger charge is -2.07. The van der Waals surface area contributed by atoms with Crippen LogP contribution in [0.5, 0.6) is 0 Å². The van der Waals surface area contributed by atoms with Crippen LogP contribution in [0.25, 0.3) is 0 Å². The van der Waals surface area contributed by atoms with Crippen molar-refractivity contribution in [1.29, 1.82) is 0 Å². The van der Waals surface area contributed by atoms with Gasteiger partial charge in [0.05, 0.1) is 12.7 Å². The van der Waals surface area contributed by atoms with Crippen LogP contribution in [-0.2, 0) is 0 Å². The van der Waals surface area contributed by atoms with Gasteiger partial charge in [-0.25, -0.2) is 0 Å². The standard InChI is InChI=1S/C5H13O2P/c1-2-3-8(4-6)5-7/h6-7H,2-5H2,1H3. The van der Waals surface area contributed by atoms with E-state index >= 15 is 0 Å². The van der Waals surface area contributed by atoms with Crippen LogP contribution in [0.1, 0.15) is 13.3 Å². The average Bonchev–Trinajstić information content (AvgIpc) is 1.83. The van der Waals surface area contributed by atoms with E-state index in [9.17, 15) is 0 Å². The maximum Gasteiger partial charge on any atom is 0.0646 e. The molecule has 0 aromatic carbocycles. The zero-order valence-corrected chi connectivity index (χ0v) is 6.06. The van der Waals surface area contributed by atoms with Gasteiger partial charge in [-0.2, -0.15) is 0 Å². The van der Waals surface area contributed by atoms with Crippen molar-refractivity contribution in [3.8, 4) is 0 Å². The smallest absolute Gasteiger partial charge is 0.0646 e. The van der Waals surface area contributed by atoms with Gasteiger partial charge in [-0.15, -0.1) is 0 Å². The highest BCUT2D eigenvalue weighted by Crippen LogP contribution is 2.32. The normalized spacial score (nSPS) is 10.5. The van der Waals surface area contributed by atoms with E-state index in [2.05, 4.69) is 6.92 Å². The number of aliphatic hydroxyl groups excluding tert-OH is 2. The molecule has 0 spiro atoms. The van der Waals surface area contributed by atoms with E-state index in [0.29, 0.717) is 0 Å². The molecule has 0 aliphatic rings. The summed E-state index contributed by atoms with van der Waals surface area (Å²) in [6.07, 6.45) is 2.41. The summed E-state index contributed by atoms with van der Waals surface area (Å²) in [7, 11) is -0.445. The first kappa shape index (κ1) is 8.35. The van der Waals surface area contributed by atoms with Crippen molar-refractivity contribution in [3.63, 3.8) is 0 Å². The molecule has 0 amide bonds. The van der Waals surface area contributed by atoms with Gasteiger partial charge in [-0.05, 0) is 6.16 Å². The van der Waals surface area contributed by atoms with Gasteiger partial charge in [0.25, 0.3) is 0 Å². The average molecular weight is 136 g/mol. The second kappa shape index (κ2) is 5.49. The predicted molar refractivity (Wildman–Crippen MR) is 36.2 cm³/mol. The van der Waals surface area contributed by atoms with E-state index in [1.807, 2.05) is 0 Å². The molecule has 8 heavy (non-hydrogen) atoms. The molecule has 0 aliphatic carbocycles. The van der Waals surface area contributed by atoms with Crippen LogP contribution in [0, 0.1) is 0 Å². The molecule has 50 valence electrons. The summed E-state index contributed by atoms with van der Waals surface area (Å²) in [5.41, 5.74) is 0. The van der Waals surface area contributed by atoms with Crippen LogP contribution in [0.3, 0.4) is 0 Å². The Morgan fingerprint density at radius 3 is 1.88 bits per heavy atom. The van der Waals surface area contributed by atoms with Crippen molar-refractivity contribution < 1.29 is 10.2 Å². The summed E-state index contributed by atoms with van der Waals surface area (Å²) < 4.78 is 0. The molecule has 0 bridgehead atoms. The molecule has 0 saturated heterocycles. The maximum atomic E-state index is 8.53. The van der Waals surface area contributed by atoms with E-state index in [1.165, 1.54) is 0 Å². The van der Waals surface area contributed by atoms with Crippen molar-refractivity contribution >= 4 is 7.92 Å². The number of hydrogen-bond acceptors (Lipinski definition) is 2. The van der Waals surface area contributed by atoms with E-state index in [4.69, 9.17) is 10.2 Å². The monoisotopic (exact) mass is 136 g/mol. The molecule has 2 N–H and O–H groups in total. The first-order valence-electron chi connectivity index (χ1n) is 2.79. The van der Waals surface area contributed by atoms with E-state index in [0.717, 1.165) is 12.6 Å². The van der Waals surface area contributed by atoms with Crippen LogP contribution < -0.4 is 0 Å². The Morgan fingerprint density at radius 2 is 1.75 bits per heavy atom. The Balaban J connectivity index is 3.07. The largest absolute Gasteiger partial charge is 0.392 e. The Hall–Kier alpha value is 0.350. The highest BCUT2D eigenvalue weighted by Gasteiger charge is 2.00. The highest BCUT2D eigenvalue weighted by atomic mass is 31.1. The zero-order valence-electron chi connectivity index (χ0n) is 5.17. The van der Waals surface area contributed by atoms with Crippen LogP contribution in [-0.4, -0.2) is 29.1 Å². The molecule has 0 fully saturated rings. The third kappa shape index (κ3) is 3.36. The second-order valence-corrected chi connectivity index (χ2v) is 4.03. The second-order valence-electron chi connectivity index (χ2n) is 1.68. The number of rotatable bonds is 4. The first-order valence-corrected chi connectivity index (χ1v) is 4.69. The van der Waals surface area contributed by atoms with Crippen LogP contribution in [0.15, 0.2) is 0 Å². The summed E-state index contributed by atoms with van der Waals surface area (Å²) >= 11 is 0. The molecule has 2 nitrogen and oxygen atoms in total. The minimum absolute atomic E-state index is 0.180. The lowest BCUT2D eigenvalue weighted by Crippen LogP contribution is -1.91. The van der Waals surface area contributed by atoms with Crippen LogP contribution in [0.2, 0.25) is 0 Å². The quantitative estimate of drug-likeness (QED) is 0.560. The van der Waals surface area contributed by atoms with Gasteiger partial charge >= 0.3 is 0 Å². The molecular weight excluding hydrogens is 123 g/mol. The van der Waals surface area contributed by atoms with Gasteiger partial charge < -0.3 is 10.2 Å². The summed E-state index contributed by atoms with van der Waals surface area (Å²) in [6, 6.07) is 0. The molecule has 0 radical (unpaired) electrons. The fourth-order valence-corrected chi connectivity index (χ4v) is 1.51. The summed E-state index contributed by atoms with van der Waals surface area (Å²) in [4.78, 5) is 0. The summed E-state index contributed by atoms with van der Waals surface area (Å²) in [5.74, 6) is 0. The van der Waals surface area contributed by atoms with Crippen molar-refractivity contribution in [2.45, 2.75) is 13.3 Å². The molecule has 0 rings (SSSR count). The van der Waals surface area contributed by atoms with Crippen LogP contribution >= 0.6 is 7.92 Å². The zero-order chi connectivity index (χ0) is 6.41. The summed E-state index contributed by atoms with van der Waals surface area (Å²) in [6.45, 7) is 2.06. The molecule has 0 aromatic rings. The molecule has 0 aromatic heterocycles. The molecule has 3 heteroatoms. The topological polar surface area (TPSA) is 40.5 Å². The lowest BCUT2D eigenvalue weighted by atomic mass is 10.6. The number of aliphatic hydroxyl groups is 2. The fraction of sp³-hybridized carbons (Fsp3) is 1.00. The number of hydrogen-bond donors (Lipinski definition) is 2. The van der Waals surface area contributed by atoms with Gasteiger partial charge in [-0.3, -0.25) is 0 Å². The van der Waals surface area contributed by atoms with Gasteiger partial charge in [0.1, 0.15) is 0 Å². The summed E-state index contributed by atoms with van der Waals surface area (Å²) in [5, 5.41) is 17.1. The van der Waals surface area contributed by atoms with Crippen molar-refractivity contribution in [2.75, 3.05) is 18.9 Å². The van der Waals surface area contributed by atoms with Gasteiger partial charge in [-0.1, -0.05) is 21.3 Å². The maximum absolute atomic E-state index is 8.53. The Labute approximate surface area is 51.3 Å². The van der Waals surface area contributed by atoms with E-state index in [1.54, 1.807) is 0 Å². The third-order valence-corrected chi connectivity index (χ3v) is 2.82. The van der Waals surface area contributed by atoms with Crippen LogP contribution in [0.4, 0.5) is 0 Å². The van der Waals surface area contributed by atoms with Gasteiger partial charge in [0, 0.05) is 0 Å². The van der Waals surface area contributed by atoms with Crippen molar-refractivity contribution in [2.24, 2.45) is 0 Å². The first-order chi connectivity index (χ1) is 3.85. The SMILES string of the molecule is CCCP(CO)CO. The fourth-order valence-electron chi connectivity index (χ4n) is 0.502. The Morgan fingerprint density at radius 1 is 1.25 bits per heavy atom. The molecule has 0 heterocycles. The van der Waals surface area contributed by atoms with Gasteiger partial charge in [0.2, 0.25) is 0 Å². The minimum atomic E-state index is -0.445.